The minimum atomic E-state index is -1.22. The van der Waals surface area contributed by atoms with E-state index in [0.717, 1.165) is 60.1 Å². The summed E-state index contributed by atoms with van der Waals surface area (Å²) in [5.74, 6) is 7.17. The Labute approximate surface area is 261 Å². The third-order valence-electron chi connectivity index (χ3n) is 7.71. The molecule has 44 heavy (non-hydrogen) atoms. The number of hydrogen-bond donors (Lipinski definition) is 1. The first-order valence-electron chi connectivity index (χ1n) is 15.2. The van der Waals surface area contributed by atoms with Gasteiger partial charge in [-0.05, 0) is 54.6 Å². The predicted molar refractivity (Wildman–Crippen MR) is 179 cm³/mol. The second-order valence-electron chi connectivity index (χ2n) is 12.3. The van der Waals surface area contributed by atoms with Crippen LogP contribution in [-0.4, -0.2) is 80.3 Å². The Kier molecular flexibility index (Phi) is 10.3. The van der Waals surface area contributed by atoms with Crippen LogP contribution in [-0.2, 0) is 22.7 Å². The quantitative estimate of drug-likeness (QED) is 0.102. The van der Waals surface area contributed by atoms with Crippen LogP contribution in [0, 0.1) is 11.8 Å². The molecule has 5 rings (SSSR count). The van der Waals surface area contributed by atoms with Crippen LogP contribution in [0.2, 0.25) is 25.7 Å². The van der Waals surface area contributed by atoms with Gasteiger partial charge in [-0.2, -0.15) is 0 Å². The number of rotatable bonds is 12. The smallest absolute Gasteiger partial charge is 0.231 e. The van der Waals surface area contributed by atoms with Crippen molar-refractivity contribution in [3.63, 3.8) is 0 Å². The second kappa shape index (κ2) is 14.5. The Hall–Kier alpha value is -4.17. The summed E-state index contributed by atoms with van der Waals surface area (Å²) in [5, 5.41) is 3.37. The van der Waals surface area contributed by atoms with Crippen molar-refractivity contribution in [3.05, 3.63) is 66.5 Å². The molecule has 0 radical (unpaired) electrons. The molecule has 4 aromatic rings. The normalized spacial score (nSPS) is 13.9. The zero-order valence-electron chi connectivity index (χ0n) is 26.2. The summed E-state index contributed by atoms with van der Waals surface area (Å²) >= 11 is 0. The van der Waals surface area contributed by atoms with Gasteiger partial charge < -0.3 is 29.2 Å². The van der Waals surface area contributed by atoms with Crippen molar-refractivity contribution in [1.82, 2.24) is 24.8 Å². The van der Waals surface area contributed by atoms with Crippen molar-refractivity contribution >= 4 is 31.2 Å². The molecule has 0 atom stereocenters. The van der Waals surface area contributed by atoms with Crippen molar-refractivity contribution in [2.45, 2.75) is 38.8 Å². The molecule has 2 aromatic heterocycles. The van der Waals surface area contributed by atoms with Gasteiger partial charge in [-0.25, -0.2) is 9.97 Å². The number of fused-ring (bicyclic) bond motifs is 1. The van der Waals surface area contributed by atoms with E-state index in [2.05, 4.69) is 98.5 Å². The molecular weight excluding hydrogens is 568 g/mol. The number of nitrogens with zero attached hydrogens (tertiary/aromatic N) is 5. The van der Waals surface area contributed by atoms with Crippen LogP contribution in [0.25, 0.3) is 22.3 Å². The number of carbonyl (C=O) groups excluding carboxylic acids is 1. The first-order chi connectivity index (χ1) is 21.3. The van der Waals surface area contributed by atoms with Crippen LogP contribution < -0.4 is 15.0 Å². The van der Waals surface area contributed by atoms with Crippen molar-refractivity contribution in [2.24, 2.45) is 0 Å². The van der Waals surface area contributed by atoms with Gasteiger partial charge >= 0.3 is 0 Å². The first-order valence-corrected chi connectivity index (χ1v) is 18.9. The zero-order chi connectivity index (χ0) is 30.9. The highest BCUT2D eigenvalue weighted by Crippen LogP contribution is 2.34. The van der Waals surface area contributed by atoms with E-state index >= 15 is 0 Å². The Balaban J connectivity index is 1.42. The summed E-state index contributed by atoms with van der Waals surface area (Å²) in [6.07, 6.45) is 2.75. The van der Waals surface area contributed by atoms with E-state index in [1.165, 1.54) is 5.69 Å². The van der Waals surface area contributed by atoms with Crippen molar-refractivity contribution in [2.75, 3.05) is 51.3 Å². The lowest BCUT2D eigenvalue weighted by Gasteiger charge is -2.34. The number of anilines is 1. The van der Waals surface area contributed by atoms with E-state index in [4.69, 9.17) is 9.47 Å². The molecule has 0 aliphatic carbocycles. The fraction of sp³-hybridized carbons (Fsp3) is 0.382. The maximum atomic E-state index is 10.4. The van der Waals surface area contributed by atoms with E-state index in [1.54, 1.807) is 6.33 Å². The van der Waals surface area contributed by atoms with E-state index < -0.39 is 8.07 Å². The molecule has 0 bridgehead atoms. The third-order valence-corrected chi connectivity index (χ3v) is 9.41. The standard InChI is InChI=1S/C34H42N6O3Si/c1-38-16-18-39(19-17-38)29-13-11-28(12-14-29)32-23-31-33(40(32)26-42-20-21-44(2,3)4)36-24-37-34(31)43-30-10-7-9-27(22-30)8-5-6-15-35-25-41/h7,9-14,22-25H,8,15-21,26H2,1-4H3,(H,35,41). The number of amides is 1. The Bertz CT molecular complexity index is 1610. The number of piperazine rings is 1. The lowest BCUT2D eigenvalue weighted by Crippen LogP contribution is -2.44. The second-order valence-corrected chi connectivity index (χ2v) is 18.0. The van der Waals surface area contributed by atoms with Crippen molar-refractivity contribution in [1.29, 1.82) is 0 Å². The van der Waals surface area contributed by atoms with E-state index in [0.29, 0.717) is 44.3 Å². The number of hydrogen-bond acceptors (Lipinski definition) is 7. The maximum Gasteiger partial charge on any atom is 0.231 e. The Morgan fingerprint density at radius 3 is 2.55 bits per heavy atom. The number of carbonyl (C=O) groups is 1. The average molecular weight is 611 g/mol. The van der Waals surface area contributed by atoms with E-state index in [9.17, 15) is 4.79 Å². The predicted octanol–water partition coefficient (Wildman–Crippen LogP) is 5.25. The van der Waals surface area contributed by atoms with Crippen LogP contribution in [0.15, 0.2) is 60.9 Å². The minimum Gasteiger partial charge on any atom is -0.438 e. The van der Waals surface area contributed by atoms with E-state index in [-0.39, 0.29) is 0 Å². The van der Waals surface area contributed by atoms with Crippen LogP contribution in [0.1, 0.15) is 5.56 Å². The molecule has 3 heterocycles. The number of ether oxygens (including phenoxy) is 2. The lowest BCUT2D eigenvalue weighted by atomic mass is 10.1. The van der Waals surface area contributed by atoms with Gasteiger partial charge in [0.15, 0.2) is 0 Å². The average Bonchev–Trinajstić information content (AvgIpc) is 3.39. The molecule has 2 aromatic carbocycles. The maximum absolute atomic E-state index is 10.4. The topological polar surface area (TPSA) is 84.8 Å². The number of nitrogens with one attached hydrogen (secondary N) is 1. The Morgan fingerprint density at radius 1 is 1.00 bits per heavy atom. The van der Waals surface area contributed by atoms with Gasteiger partial charge in [0, 0.05) is 53.0 Å². The van der Waals surface area contributed by atoms with Gasteiger partial charge in [-0.15, -0.1) is 0 Å². The summed E-state index contributed by atoms with van der Waals surface area (Å²) in [7, 11) is 0.953. The molecule has 0 spiro atoms. The molecule has 0 unspecified atom stereocenters. The van der Waals surface area contributed by atoms with Gasteiger partial charge in [-0.1, -0.05) is 55.7 Å². The highest BCUT2D eigenvalue weighted by molar-refractivity contribution is 6.76. The molecule has 9 nitrogen and oxygen atoms in total. The molecule has 230 valence electrons. The van der Waals surface area contributed by atoms with Gasteiger partial charge in [0.1, 0.15) is 24.5 Å². The third kappa shape index (κ3) is 8.26. The number of likely N-dealkylation sites (N-methyl/N-ethyl adjacent to an activating group) is 1. The summed E-state index contributed by atoms with van der Waals surface area (Å²) in [6, 6.07) is 19.8. The summed E-state index contributed by atoms with van der Waals surface area (Å²) < 4.78 is 14.7. The van der Waals surface area contributed by atoms with Gasteiger partial charge in [0.2, 0.25) is 12.3 Å². The Morgan fingerprint density at radius 2 is 1.80 bits per heavy atom. The SMILES string of the molecule is CN1CCN(c2ccc(-c3cc4c(Oc5cccc(CC#CCNC=O)c5)ncnc4n3COCC[Si](C)(C)C)cc2)CC1. The summed E-state index contributed by atoms with van der Waals surface area (Å²) in [4.78, 5) is 24.4. The highest BCUT2D eigenvalue weighted by atomic mass is 28.3. The van der Waals surface area contributed by atoms with Gasteiger partial charge in [0.25, 0.3) is 0 Å². The largest absolute Gasteiger partial charge is 0.438 e. The molecule has 10 heteroatoms. The van der Waals surface area contributed by atoms with Crippen molar-refractivity contribution in [3.8, 4) is 34.7 Å². The molecule has 1 saturated heterocycles. The summed E-state index contributed by atoms with van der Waals surface area (Å²) in [5.41, 5.74) is 5.12. The fourth-order valence-corrected chi connectivity index (χ4v) is 5.84. The molecule has 1 amide bonds. The van der Waals surface area contributed by atoms with Crippen LogP contribution >= 0.6 is 0 Å². The molecule has 1 fully saturated rings. The first kappa shape index (κ1) is 31.3. The highest BCUT2D eigenvalue weighted by Gasteiger charge is 2.19. The van der Waals surface area contributed by atoms with Crippen LogP contribution in [0.3, 0.4) is 0 Å². The fourth-order valence-electron chi connectivity index (χ4n) is 5.08. The number of benzene rings is 2. The number of aromatic nitrogens is 3. The zero-order valence-corrected chi connectivity index (χ0v) is 27.2. The van der Waals surface area contributed by atoms with Crippen molar-refractivity contribution < 1.29 is 14.3 Å². The molecule has 1 aliphatic rings. The molecule has 0 saturated carbocycles. The summed E-state index contributed by atoms with van der Waals surface area (Å²) in [6.45, 7) is 12.7. The molecule has 1 N–H and O–H groups in total. The lowest BCUT2D eigenvalue weighted by molar-refractivity contribution is -0.109. The molecule has 1 aliphatic heterocycles. The van der Waals surface area contributed by atoms with Crippen LogP contribution in [0.5, 0.6) is 11.6 Å². The van der Waals surface area contributed by atoms with Crippen LogP contribution in [0.4, 0.5) is 5.69 Å². The van der Waals surface area contributed by atoms with Gasteiger partial charge in [0.05, 0.1) is 17.6 Å². The van der Waals surface area contributed by atoms with E-state index in [1.807, 2.05) is 24.3 Å². The minimum absolute atomic E-state index is 0.332. The monoisotopic (exact) mass is 610 g/mol. The van der Waals surface area contributed by atoms with Gasteiger partial charge in [-0.3, -0.25) is 4.79 Å². The molecular formula is C34H42N6O3Si.